The number of benzene rings is 1. The van der Waals surface area contributed by atoms with Crippen LogP contribution >= 0.6 is 0 Å². The van der Waals surface area contributed by atoms with Gasteiger partial charge in [0, 0.05) is 12.6 Å². The van der Waals surface area contributed by atoms with Gasteiger partial charge in [-0.25, -0.2) is 0 Å². The zero-order valence-electron chi connectivity index (χ0n) is 10.0. The van der Waals surface area contributed by atoms with Crippen molar-refractivity contribution >= 4 is 11.4 Å². The minimum atomic E-state index is 0.561. The monoisotopic (exact) mass is 220 g/mol. The fourth-order valence-electron chi connectivity index (χ4n) is 2.08. The fraction of sp³-hybridized carbons (Fsp3) is 0.538. The number of hydrogen-bond acceptors (Lipinski definition) is 3. The van der Waals surface area contributed by atoms with Gasteiger partial charge in [0.05, 0.1) is 12.3 Å². The molecular formula is C13H20N2O. The summed E-state index contributed by atoms with van der Waals surface area (Å²) in [4.78, 5) is 0. The summed E-state index contributed by atoms with van der Waals surface area (Å²) in [5.41, 5.74) is 2.27. The topological polar surface area (TPSA) is 33.3 Å². The Balaban J connectivity index is 2.28. The van der Waals surface area contributed by atoms with Crippen molar-refractivity contribution in [2.45, 2.75) is 32.7 Å². The molecule has 0 amide bonds. The SMILES string of the molecule is CCOc1cccc2c1NCCC(CC)N2. The third-order valence-electron chi connectivity index (χ3n) is 2.97. The highest BCUT2D eigenvalue weighted by molar-refractivity contribution is 5.76. The van der Waals surface area contributed by atoms with Gasteiger partial charge in [-0.1, -0.05) is 13.0 Å². The molecule has 1 aromatic rings. The van der Waals surface area contributed by atoms with E-state index >= 15 is 0 Å². The first-order valence-electron chi connectivity index (χ1n) is 6.11. The van der Waals surface area contributed by atoms with Gasteiger partial charge >= 0.3 is 0 Å². The van der Waals surface area contributed by atoms with Crippen LogP contribution in [-0.2, 0) is 0 Å². The second-order valence-corrected chi connectivity index (χ2v) is 4.08. The van der Waals surface area contributed by atoms with E-state index in [0.717, 1.165) is 36.5 Å². The molecule has 3 heteroatoms. The van der Waals surface area contributed by atoms with Crippen LogP contribution in [0.15, 0.2) is 18.2 Å². The van der Waals surface area contributed by atoms with Crippen LogP contribution in [-0.4, -0.2) is 19.2 Å². The molecule has 3 nitrogen and oxygen atoms in total. The zero-order valence-corrected chi connectivity index (χ0v) is 10.0. The van der Waals surface area contributed by atoms with E-state index in [1.165, 1.54) is 0 Å². The van der Waals surface area contributed by atoms with Gasteiger partial charge in [-0.15, -0.1) is 0 Å². The van der Waals surface area contributed by atoms with E-state index in [-0.39, 0.29) is 0 Å². The average Bonchev–Trinajstić information content (AvgIpc) is 2.51. The van der Waals surface area contributed by atoms with Crippen LogP contribution in [0.5, 0.6) is 5.75 Å². The molecule has 88 valence electrons. The first kappa shape index (κ1) is 11.1. The Bertz CT molecular complexity index is 352. The maximum atomic E-state index is 5.63. The van der Waals surface area contributed by atoms with Crippen molar-refractivity contribution in [2.24, 2.45) is 0 Å². The van der Waals surface area contributed by atoms with Gasteiger partial charge in [0.2, 0.25) is 0 Å². The molecule has 0 aliphatic carbocycles. The van der Waals surface area contributed by atoms with Crippen molar-refractivity contribution in [1.29, 1.82) is 0 Å². The van der Waals surface area contributed by atoms with Gasteiger partial charge in [-0.05, 0) is 31.9 Å². The second kappa shape index (κ2) is 5.10. The summed E-state index contributed by atoms with van der Waals surface area (Å²) >= 11 is 0. The van der Waals surface area contributed by atoms with Crippen LogP contribution < -0.4 is 15.4 Å². The quantitative estimate of drug-likeness (QED) is 0.821. The summed E-state index contributed by atoms with van der Waals surface area (Å²) in [6.07, 6.45) is 2.30. The van der Waals surface area contributed by atoms with Crippen molar-refractivity contribution in [2.75, 3.05) is 23.8 Å². The standard InChI is InChI=1S/C13H20N2O/c1-3-10-8-9-14-13-11(15-10)6-5-7-12(13)16-4-2/h5-7,10,14-15H,3-4,8-9H2,1-2H3. The van der Waals surface area contributed by atoms with Gasteiger partial charge in [0.25, 0.3) is 0 Å². The van der Waals surface area contributed by atoms with Crippen molar-refractivity contribution in [3.05, 3.63) is 18.2 Å². The molecular weight excluding hydrogens is 200 g/mol. The second-order valence-electron chi connectivity index (χ2n) is 4.08. The van der Waals surface area contributed by atoms with Crippen LogP contribution in [0.2, 0.25) is 0 Å². The smallest absolute Gasteiger partial charge is 0.144 e. The third kappa shape index (κ3) is 2.23. The van der Waals surface area contributed by atoms with Crippen molar-refractivity contribution in [3.63, 3.8) is 0 Å². The minimum absolute atomic E-state index is 0.561. The summed E-state index contributed by atoms with van der Waals surface area (Å²) in [7, 11) is 0. The molecule has 16 heavy (non-hydrogen) atoms. The summed E-state index contributed by atoms with van der Waals surface area (Å²) < 4.78 is 5.63. The van der Waals surface area contributed by atoms with E-state index in [2.05, 4.69) is 23.6 Å². The number of nitrogens with one attached hydrogen (secondary N) is 2. The Kier molecular flexibility index (Phi) is 3.54. The molecule has 1 aliphatic heterocycles. The largest absolute Gasteiger partial charge is 0.492 e. The highest BCUT2D eigenvalue weighted by Gasteiger charge is 2.16. The lowest BCUT2D eigenvalue weighted by molar-refractivity contribution is 0.342. The van der Waals surface area contributed by atoms with E-state index in [9.17, 15) is 0 Å². The normalized spacial score (nSPS) is 19.0. The van der Waals surface area contributed by atoms with Crippen LogP contribution in [0, 0.1) is 0 Å². The molecule has 0 aromatic heterocycles. The molecule has 1 aromatic carbocycles. The number of ether oxygens (including phenoxy) is 1. The molecule has 0 radical (unpaired) electrons. The van der Waals surface area contributed by atoms with Gasteiger partial charge in [-0.3, -0.25) is 0 Å². The first-order valence-corrected chi connectivity index (χ1v) is 6.11. The van der Waals surface area contributed by atoms with Gasteiger partial charge in [0.1, 0.15) is 11.4 Å². The lowest BCUT2D eigenvalue weighted by atomic mass is 10.1. The van der Waals surface area contributed by atoms with E-state index in [1.807, 2.05) is 19.1 Å². The maximum absolute atomic E-state index is 5.63. The Hall–Kier alpha value is -1.38. The molecule has 0 saturated carbocycles. The molecule has 1 aliphatic rings. The Morgan fingerprint density at radius 1 is 1.38 bits per heavy atom. The third-order valence-corrected chi connectivity index (χ3v) is 2.97. The molecule has 1 atom stereocenters. The highest BCUT2D eigenvalue weighted by Crippen LogP contribution is 2.35. The Morgan fingerprint density at radius 3 is 3.00 bits per heavy atom. The predicted molar refractivity (Wildman–Crippen MR) is 68.4 cm³/mol. The lowest BCUT2D eigenvalue weighted by Gasteiger charge is -2.16. The summed E-state index contributed by atoms with van der Waals surface area (Å²) in [6, 6.07) is 6.73. The molecule has 2 N–H and O–H groups in total. The molecule has 1 heterocycles. The van der Waals surface area contributed by atoms with Crippen LogP contribution in [0.25, 0.3) is 0 Å². The number of rotatable bonds is 3. The van der Waals surface area contributed by atoms with Crippen molar-refractivity contribution < 1.29 is 4.74 Å². The van der Waals surface area contributed by atoms with E-state index in [0.29, 0.717) is 12.6 Å². The molecule has 0 fully saturated rings. The Labute approximate surface area is 97.2 Å². The van der Waals surface area contributed by atoms with Gasteiger partial charge < -0.3 is 15.4 Å². The molecule has 2 rings (SSSR count). The van der Waals surface area contributed by atoms with Crippen molar-refractivity contribution in [3.8, 4) is 5.75 Å². The molecule has 0 saturated heterocycles. The highest BCUT2D eigenvalue weighted by atomic mass is 16.5. The molecule has 0 spiro atoms. The van der Waals surface area contributed by atoms with Gasteiger partial charge in [-0.2, -0.15) is 0 Å². The number of anilines is 2. The summed E-state index contributed by atoms with van der Waals surface area (Å²) in [5, 5.41) is 7.02. The predicted octanol–water partition coefficient (Wildman–Crippen LogP) is 3.09. The first-order chi connectivity index (χ1) is 7.85. The fourth-order valence-corrected chi connectivity index (χ4v) is 2.08. The van der Waals surface area contributed by atoms with E-state index in [4.69, 9.17) is 4.74 Å². The summed E-state index contributed by atoms with van der Waals surface area (Å²) in [5.74, 6) is 0.948. The van der Waals surface area contributed by atoms with Gasteiger partial charge in [0.15, 0.2) is 0 Å². The average molecular weight is 220 g/mol. The number of para-hydroxylation sites is 1. The molecule has 0 bridgehead atoms. The van der Waals surface area contributed by atoms with Crippen molar-refractivity contribution in [1.82, 2.24) is 0 Å². The maximum Gasteiger partial charge on any atom is 0.144 e. The van der Waals surface area contributed by atoms with Crippen LogP contribution in [0.3, 0.4) is 0 Å². The lowest BCUT2D eigenvalue weighted by Crippen LogP contribution is -2.18. The minimum Gasteiger partial charge on any atom is -0.492 e. The zero-order chi connectivity index (χ0) is 11.4. The molecule has 1 unspecified atom stereocenters. The Morgan fingerprint density at radius 2 is 2.25 bits per heavy atom. The summed E-state index contributed by atoms with van der Waals surface area (Å²) in [6.45, 7) is 5.94. The van der Waals surface area contributed by atoms with Crippen LogP contribution in [0.4, 0.5) is 11.4 Å². The number of fused-ring (bicyclic) bond motifs is 1. The number of hydrogen-bond donors (Lipinski definition) is 2. The van der Waals surface area contributed by atoms with E-state index < -0.39 is 0 Å². The van der Waals surface area contributed by atoms with Crippen LogP contribution in [0.1, 0.15) is 26.7 Å². The van der Waals surface area contributed by atoms with E-state index in [1.54, 1.807) is 0 Å².